The summed E-state index contributed by atoms with van der Waals surface area (Å²) in [7, 11) is 0. The zero-order chi connectivity index (χ0) is 20.8. The molecule has 0 aliphatic carbocycles. The van der Waals surface area contributed by atoms with Crippen LogP contribution >= 0.6 is 34.9 Å². The first kappa shape index (κ1) is 20.0. The number of nitrogens with zero attached hydrogens (tertiary/aromatic N) is 6. The summed E-state index contributed by atoms with van der Waals surface area (Å²) in [4.78, 5) is 2.37. The number of hydrogen-bond donors (Lipinski definition) is 0. The van der Waals surface area contributed by atoms with E-state index in [1.807, 2.05) is 16.6 Å². The monoisotopic (exact) mass is 458 g/mol. The second-order valence-electron chi connectivity index (χ2n) is 7.44. The Kier molecular flexibility index (Phi) is 5.34. The third-order valence-corrected chi connectivity index (χ3v) is 8.23. The van der Waals surface area contributed by atoms with Gasteiger partial charge in [0, 0.05) is 22.8 Å². The molecule has 0 fully saturated rings. The lowest BCUT2D eigenvalue weighted by molar-refractivity contribution is 0.00203. The summed E-state index contributed by atoms with van der Waals surface area (Å²) in [5.41, 5.74) is 2.17. The van der Waals surface area contributed by atoms with Crippen molar-refractivity contribution in [3.63, 3.8) is 0 Å². The van der Waals surface area contributed by atoms with Gasteiger partial charge in [-0.2, -0.15) is 0 Å². The third kappa shape index (κ3) is 3.08. The lowest BCUT2D eigenvalue weighted by Gasteiger charge is -2.26. The fourth-order valence-electron chi connectivity index (χ4n) is 3.74. The van der Waals surface area contributed by atoms with Crippen molar-refractivity contribution in [3.05, 3.63) is 35.8 Å². The average Bonchev–Trinajstić information content (AvgIpc) is 3.44. The SMILES string of the molecule is C=CCSc1nnc2c3c4c(sc3n3c(SCC=C)nnc3n12)COC(C(C)C)C4. The van der Waals surface area contributed by atoms with Crippen LogP contribution in [0.1, 0.15) is 24.3 Å². The first-order chi connectivity index (χ1) is 14.6. The van der Waals surface area contributed by atoms with Crippen LogP contribution in [0.15, 0.2) is 35.6 Å². The molecular weight excluding hydrogens is 436 g/mol. The Morgan fingerprint density at radius 2 is 1.80 bits per heavy atom. The van der Waals surface area contributed by atoms with E-state index < -0.39 is 0 Å². The zero-order valence-corrected chi connectivity index (χ0v) is 19.3. The van der Waals surface area contributed by atoms with Gasteiger partial charge in [-0.25, -0.2) is 8.80 Å². The molecule has 0 radical (unpaired) electrons. The summed E-state index contributed by atoms with van der Waals surface area (Å²) in [6.45, 7) is 12.7. The van der Waals surface area contributed by atoms with Crippen molar-refractivity contribution in [1.82, 2.24) is 29.2 Å². The van der Waals surface area contributed by atoms with Crippen molar-refractivity contribution in [2.45, 2.75) is 43.3 Å². The Bertz CT molecular complexity index is 1270. The van der Waals surface area contributed by atoms with Crippen LogP contribution in [-0.2, 0) is 17.8 Å². The maximum Gasteiger partial charge on any atom is 0.245 e. The minimum Gasteiger partial charge on any atom is -0.372 e. The maximum absolute atomic E-state index is 6.15. The largest absolute Gasteiger partial charge is 0.372 e. The second-order valence-corrected chi connectivity index (χ2v) is 10.5. The Morgan fingerprint density at radius 3 is 2.50 bits per heavy atom. The molecule has 0 amide bonds. The predicted molar refractivity (Wildman–Crippen MR) is 124 cm³/mol. The van der Waals surface area contributed by atoms with E-state index in [2.05, 4.69) is 51.8 Å². The van der Waals surface area contributed by atoms with E-state index in [0.717, 1.165) is 49.9 Å². The number of thiophene rings is 1. The van der Waals surface area contributed by atoms with Gasteiger partial charge in [0.25, 0.3) is 0 Å². The van der Waals surface area contributed by atoms with E-state index in [9.17, 15) is 0 Å². The van der Waals surface area contributed by atoms with Crippen molar-refractivity contribution >= 4 is 56.5 Å². The smallest absolute Gasteiger partial charge is 0.245 e. The molecule has 7 nitrogen and oxygen atoms in total. The molecule has 1 unspecified atom stereocenters. The molecule has 0 aromatic carbocycles. The van der Waals surface area contributed by atoms with E-state index in [1.165, 1.54) is 10.4 Å². The van der Waals surface area contributed by atoms with Crippen LogP contribution in [-0.4, -0.2) is 46.8 Å². The van der Waals surface area contributed by atoms with Gasteiger partial charge in [-0.15, -0.1) is 44.9 Å². The van der Waals surface area contributed by atoms with Crippen molar-refractivity contribution < 1.29 is 4.74 Å². The molecule has 156 valence electrons. The van der Waals surface area contributed by atoms with Gasteiger partial charge in [0.15, 0.2) is 16.0 Å². The molecular formula is C20H22N6OS3. The van der Waals surface area contributed by atoms with Crippen molar-refractivity contribution in [1.29, 1.82) is 0 Å². The molecule has 30 heavy (non-hydrogen) atoms. The standard InChI is InChI=1S/C20H22N6OS3/c1-5-7-28-19-23-21-16-15-12-9-13(11(3)4)27-10-14(12)30-17(15)26-18(25(16)19)22-24-20(26)29-8-6-2/h5-6,11,13H,1-2,7-10H2,3-4H3. The fraction of sp³-hybridized carbons (Fsp3) is 0.400. The number of rotatable bonds is 7. The highest BCUT2D eigenvalue weighted by molar-refractivity contribution is 7.99. The van der Waals surface area contributed by atoms with Gasteiger partial charge in [-0.1, -0.05) is 49.5 Å². The molecule has 0 bridgehead atoms. The van der Waals surface area contributed by atoms with Gasteiger partial charge >= 0.3 is 0 Å². The van der Waals surface area contributed by atoms with E-state index >= 15 is 0 Å². The Labute approximate surface area is 186 Å². The second kappa shape index (κ2) is 7.99. The minimum atomic E-state index is 0.208. The Balaban J connectivity index is 1.84. The topological polar surface area (TPSA) is 69.6 Å². The van der Waals surface area contributed by atoms with Gasteiger partial charge in [-0.05, 0) is 11.5 Å². The number of fused-ring (bicyclic) bond motifs is 8. The highest BCUT2D eigenvalue weighted by atomic mass is 32.2. The molecule has 0 N–H and O–H groups in total. The fourth-order valence-corrected chi connectivity index (χ4v) is 6.37. The highest BCUT2D eigenvalue weighted by Gasteiger charge is 2.30. The van der Waals surface area contributed by atoms with E-state index in [0.29, 0.717) is 12.5 Å². The van der Waals surface area contributed by atoms with Crippen molar-refractivity contribution in [3.8, 4) is 0 Å². The number of hydrogen-bond acceptors (Lipinski definition) is 8. The van der Waals surface area contributed by atoms with Crippen LogP contribution in [0, 0.1) is 5.92 Å². The van der Waals surface area contributed by atoms with Crippen LogP contribution in [0.3, 0.4) is 0 Å². The molecule has 4 aromatic rings. The summed E-state index contributed by atoms with van der Waals surface area (Å²) < 4.78 is 10.3. The van der Waals surface area contributed by atoms with Crippen LogP contribution in [0.2, 0.25) is 0 Å². The van der Waals surface area contributed by atoms with Crippen LogP contribution < -0.4 is 0 Å². The molecule has 5 rings (SSSR count). The summed E-state index contributed by atoms with van der Waals surface area (Å²) in [6, 6.07) is 0. The van der Waals surface area contributed by atoms with Gasteiger partial charge in [0.1, 0.15) is 4.83 Å². The minimum absolute atomic E-state index is 0.208. The molecule has 1 aliphatic rings. The van der Waals surface area contributed by atoms with E-state index in [1.54, 1.807) is 34.9 Å². The number of thioether (sulfide) groups is 2. The molecule has 0 saturated carbocycles. The maximum atomic E-state index is 6.15. The summed E-state index contributed by atoms with van der Waals surface area (Å²) in [6.07, 6.45) is 4.84. The van der Waals surface area contributed by atoms with Crippen molar-refractivity contribution in [2.75, 3.05) is 11.5 Å². The van der Waals surface area contributed by atoms with Gasteiger partial charge in [0.05, 0.1) is 18.1 Å². The molecule has 0 spiro atoms. The summed E-state index contributed by atoms with van der Waals surface area (Å²) in [5.74, 6) is 2.71. The van der Waals surface area contributed by atoms with E-state index in [4.69, 9.17) is 4.74 Å². The average molecular weight is 459 g/mol. The Hall–Kier alpha value is -1.88. The van der Waals surface area contributed by atoms with Gasteiger partial charge in [-0.3, -0.25) is 0 Å². The normalized spacial score (nSPS) is 16.7. The lowest BCUT2D eigenvalue weighted by Crippen LogP contribution is -2.26. The first-order valence-electron chi connectivity index (χ1n) is 9.79. The zero-order valence-electron chi connectivity index (χ0n) is 16.9. The quantitative estimate of drug-likeness (QED) is 0.295. The molecule has 1 atom stereocenters. The molecule has 10 heteroatoms. The number of aromatic nitrogens is 6. The summed E-state index contributed by atoms with van der Waals surface area (Å²) >= 11 is 4.98. The van der Waals surface area contributed by atoms with Crippen LogP contribution in [0.5, 0.6) is 0 Å². The molecule has 1 aliphatic heterocycles. The first-order valence-corrected chi connectivity index (χ1v) is 12.6. The number of ether oxygens (including phenoxy) is 1. The molecule has 5 heterocycles. The van der Waals surface area contributed by atoms with Gasteiger partial charge in [0.2, 0.25) is 5.78 Å². The van der Waals surface area contributed by atoms with E-state index in [-0.39, 0.29) is 6.10 Å². The van der Waals surface area contributed by atoms with Gasteiger partial charge < -0.3 is 4.74 Å². The van der Waals surface area contributed by atoms with Crippen LogP contribution in [0.4, 0.5) is 0 Å². The van der Waals surface area contributed by atoms with Crippen LogP contribution in [0.25, 0.3) is 21.6 Å². The third-order valence-electron chi connectivity index (χ3n) is 5.19. The van der Waals surface area contributed by atoms with Crippen molar-refractivity contribution in [2.24, 2.45) is 5.92 Å². The predicted octanol–water partition coefficient (Wildman–Crippen LogP) is 4.64. The Morgan fingerprint density at radius 1 is 1.10 bits per heavy atom. The molecule has 0 saturated heterocycles. The highest BCUT2D eigenvalue weighted by Crippen LogP contribution is 2.41. The summed E-state index contributed by atoms with van der Waals surface area (Å²) in [5, 5.41) is 20.9. The molecule has 4 aromatic heterocycles. The lowest BCUT2D eigenvalue weighted by atomic mass is 9.96.